The zero-order chi connectivity index (χ0) is 8.77. The minimum atomic E-state index is 0.424. The van der Waals surface area contributed by atoms with Gasteiger partial charge in [-0.1, -0.05) is 13.8 Å². The SMILES string of the molecule is CC1(C)CC1c1ncc(Br)cn1. The van der Waals surface area contributed by atoms with Crippen LogP contribution in [0.15, 0.2) is 16.9 Å². The first kappa shape index (κ1) is 8.17. The van der Waals surface area contributed by atoms with E-state index in [9.17, 15) is 0 Å². The number of hydrogen-bond acceptors (Lipinski definition) is 2. The molecule has 1 fully saturated rings. The van der Waals surface area contributed by atoms with Crippen LogP contribution in [0.3, 0.4) is 0 Å². The maximum Gasteiger partial charge on any atom is 0.131 e. The van der Waals surface area contributed by atoms with Gasteiger partial charge in [-0.15, -0.1) is 0 Å². The minimum Gasteiger partial charge on any atom is -0.240 e. The van der Waals surface area contributed by atoms with Crippen molar-refractivity contribution in [1.29, 1.82) is 0 Å². The highest BCUT2D eigenvalue weighted by atomic mass is 79.9. The van der Waals surface area contributed by atoms with Gasteiger partial charge in [-0.3, -0.25) is 0 Å². The summed E-state index contributed by atoms with van der Waals surface area (Å²) in [6.07, 6.45) is 4.85. The number of hydrogen-bond donors (Lipinski definition) is 0. The topological polar surface area (TPSA) is 25.8 Å². The summed E-state index contributed by atoms with van der Waals surface area (Å²) in [6, 6.07) is 0. The molecule has 0 amide bonds. The summed E-state index contributed by atoms with van der Waals surface area (Å²) in [4.78, 5) is 8.56. The van der Waals surface area contributed by atoms with Crippen molar-refractivity contribution in [2.75, 3.05) is 0 Å². The first-order valence-corrected chi connectivity index (χ1v) is 4.86. The van der Waals surface area contributed by atoms with Crippen LogP contribution in [0.25, 0.3) is 0 Å². The first-order valence-electron chi connectivity index (χ1n) is 4.07. The van der Waals surface area contributed by atoms with Crippen LogP contribution in [0.5, 0.6) is 0 Å². The van der Waals surface area contributed by atoms with Crippen LogP contribution in [0.4, 0.5) is 0 Å². The van der Waals surface area contributed by atoms with Gasteiger partial charge in [0.25, 0.3) is 0 Å². The number of nitrogens with zero attached hydrogens (tertiary/aromatic N) is 2. The summed E-state index contributed by atoms with van der Waals surface area (Å²) in [5.74, 6) is 1.56. The van der Waals surface area contributed by atoms with E-state index in [0.717, 1.165) is 10.3 Å². The molecule has 1 aliphatic rings. The largest absolute Gasteiger partial charge is 0.240 e. The minimum absolute atomic E-state index is 0.424. The summed E-state index contributed by atoms with van der Waals surface area (Å²) >= 11 is 3.32. The van der Waals surface area contributed by atoms with Crippen molar-refractivity contribution in [3.05, 3.63) is 22.7 Å². The van der Waals surface area contributed by atoms with Crippen LogP contribution < -0.4 is 0 Å². The van der Waals surface area contributed by atoms with Gasteiger partial charge >= 0.3 is 0 Å². The molecule has 0 N–H and O–H groups in total. The van der Waals surface area contributed by atoms with Gasteiger partial charge in [-0.2, -0.15) is 0 Å². The van der Waals surface area contributed by atoms with Crippen LogP contribution in [0.1, 0.15) is 32.0 Å². The van der Waals surface area contributed by atoms with Gasteiger partial charge in [0.1, 0.15) is 5.82 Å². The molecule has 2 rings (SSSR count). The Balaban J connectivity index is 2.21. The standard InChI is InChI=1S/C9H11BrN2/c1-9(2)3-7(9)8-11-4-6(10)5-12-8/h4-5,7H,3H2,1-2H3. The predicted octanol–water partition coefficient (Wildman–Crippen LogP) is 2.75. The third-order valence-corrected chi connectivity index (χ3v) is 2.87. The molecular weight excluding hydrogens is 216 g/mol. The Morgan fingerprint density at radius 2 is 1.92 bits per heavy atom. The molecule has 0 saturated heterocycles. The molecule has 0 bridgehead atoms. The average Bonchev–Trinajstić information content (AvgIpc) is 2.61. The Bertz CT molecular complexity index is 292. The Morgan fingerprint density at radius 3 is 2.33 bits per heavy atom. The maximum absolute atomic E-state index is 4.28. The monoisotopic (exact) mass is 226 g/mol. The molecular formula is C9H11BrN2. The van der Waals surface area contributed by atoms with Crippen molar-refractivity contribution >= 4 is 15.9 Å². The van der Waals surface area contributed by atoms with Crippen LogP contribution >= 0.6 is 15.9 Å². The van der Waals surface area contributed by atoms with E-state index in [-0.39, 0.29) is 0 Å². The lowest BCUT2D eigenvalue weighted by atomic mass is 10.1. The normalized spacial score (nSPS) is 25.4. The van der Waals surface area contributed by atoms with E-state index < -0.39 is 0 Å². The third-order valence-electron chi connectivity index (χ3n) is 2.47. The smallest absolute Gasteiger partial charge is 0.131 e. The summed E-state index contributed by atoms with van der Waals surface area (Å²) in [5, 5.41) is 0. The Hall–Kier alpha value is -0.440. The molecule has 64 valence electrons. The Kier molecular flexibility index (Phi) is 1.72. The fourth-order valence-corrected chi connectivity index (χ4v) is 1.61. The van der Waals surface area contributed by atoms with E-state index >= 15 is 0 Å². The fraction of sp³-hybridized carbons (Fsp3) is 0.556. The van der Waals surface area contributed by atoms with Gasteiger partial charge < -0.3 is 0 Å². The molecule has 0 spiro atoms. The van der Waals surface area contributed by atoms with Gasteiger partial charge in [0.2, 0.25) is 0 Å². The Morgan fingerprint density at radius 1 is 1.42 bits per heavy atom. The fourth-order valence-electron chi connectivity index (χ4n) is 1.41. The molecule has 1 unspecified atom stereocenters. The predicted molar refractivity (Wildman–Crippen MR) is 50.9 cm³/mol. The molecule has 2 nitrogen and oxygen atoms in total. The Labute approximate surface area is 80.6 Å². The van der Waals surface area contributed by atoms with Crippen molar-refractivity contribution < 1.29 is 0 Å². The van der Waals surface area contributed by atoms with Gasteiger partial charge in [-0.05, 0) is 27.8 Å². The summed E-state index contributed by atoms with van der Waals surface area (Å²) in [6.45, 7) is 4.51. The van der Waals surface area contributed by atoms with E-state index in [1.165, 1.54) is 6.42 Å². The molecule has 1 atom stereocenters. The first-order chi connectivity index (χ1) is 5.59. The second kappa shape index (κ2) is 2.52. The molecule has 1 aromatic rings. The molecule has 3 heteroatoms. The summed E-state index contributed by atoms with van der Waals surface area (Å²) in [7, 11) is 0. The van der Waals surface area contributed by atoms with E-state index in [2.05, 4.69) is 39.7 Å². The molecule has 0 aliphatic heterocycles. The van der Waals surface area contributed by atoms with Crippen LogP contribution in [-0.2, 0) is 0 Å². The molecule has 1 saturated carbocycles. The van der Waals surface area contributed by atoms with Crippen molar-refractivity contribution in [2.45, 2.75) is 26.2 Å². The number of aromatic nitrogens is 2. The average molecular weight is 227 g/mol. The van der Waals surface area contributed by atoms with Gasteiger partial charge in [0, 0.05) is 18.3 Å². The van der Waals surface area contributed by atoms with Crippen molar-refractivity contribution in [1.82, 2.24) is 9.97 Å². The lowest BCUT2D eigenvalue weighted by molar-refractivity contribution is 0.608. The van der Waals surface area contributed by atoms with Gasteiger partial charge in [-0.25, -0.2) is 9.97 Å². The second-order valence-corrected chi connectivity index (χ2v) is 4.92. The highest BCUT2D eigenvalue weighted by Gasteiger charge is 2.48. The van der Waals surface area contributed by atoms with Crippen LogP contribution in [0, 0.1) is 5.41 Å². The van der Waals surface area contributed by atoms with Gasteiger partial charge in [0.15, 0.2) is 0 Å². The van der Waals surface area contributed by atoms with E-state index in [4.69, 9.17) is 0 Å². The maximum atomic E-state index is 4.28. The summed E-state index contributed by atoms with van der Waals surface area (Å²) in [5.41, 5.74) is 0.424. The molecule has 0 aromatic carbocycles. The van der Waals surface area contributed by atoms with Crippen LogP contribution in [-0.4, -0.2) is 9.97 Å². The number of halogens is 1. The molecule has 0 radical (unpaired) electrons. The zero-order valence-electron chi connectivity index (χ0n) is 7.21. The highest BCUT2D eigenvalue weighted by Crippen LogP contribution is 2.57. The van der Waals surface area contributed by atoms with Crippen molar-refractivity contribution in [3.63, 3.8) is 0 Å². The van der Waals surface area contributed by atoms with Gasteiger partial charge in [0.05, 0.1) is 4.47 Å². The molecule has 1 aliphatic carbocycles. The zero-order valence-corrected chi connectivity index (χ0v) is 8.80. The van der Waals surface area contributed by atoms with E-state index in [0.29, 0.717) is 11.3 Å². The van der Waals surface area contributed by atoms with Crippen molar-refractivity contribution in [2.24, 2.45) is 5.41 Å². The lowest BCUT2D eigenvalue weighted by Gasteiger charge is -2.00. The lowest BCUT2D eigenvalue weighted by Crippen LogP contribution is -1.95. The quantitative estimate of drug-likeness (QED) is 0.737. The van der Waals surface area contributed by atoms with Crippen LogP contribution in [0.2, 0.25) is 0 Å². The van der Waals surface area contributed by atoms with Crippen molar-refractivity contribution in [3.8, 4) is 0 Å². The second-order valence-electron chi connectivity index (χ2n) is 4.00. The third kappa shape index (κ3) is 1.38. The molecule has 1 heterocycles. The summed E-state index contributed by atoms with van der Waals surface area (Å²) < 4.78 is 0.949. The molecule has 12 heavy (non-hydrogen) atoms. The number of rotatable bonds is 1. The van der Waals surface area contributed by atoms with E-state index in [1.54, 1.807) is 0 Å². The highest BCUT2D eigenvalue weighted by molar-refractivity contribution is 9.10. The van der Waals surface area contributed by atoms with E-state index in [1.807, 2.05) is 12.4 Å². The molecule has 1 aromatic heterocycles.